The molecule has 0 radical (unpaired) electrons. The van der Waals surface area contributed by atoms with Crippen molar-refractivity contribution in [2.45, 2.75) is 117 Å². The van der Waals surface area contributed by atoms with Crippen molar-refractivity contribution < 1.29 is 19.0 Å². The zero-order valence-corrected chi connectivity index (χ0v) is 22.7. The molecule has 0 aromatic rings. The predicted octanol–water partition coefficient (Wildman–Crippen LogP) is 6.30. The van der Waals surface area contributed by atoms with Crippen LogP contribution < -0.4 is 0 Å². The molecule has 0 aromatic carbocycles. The quantitative estimate of drug-likeness (QED) is 0.383. The zero-order chi connectivity index (χ0) is 23.4. The van der Waals surface area contributed by atoms with E-state index >= 15 is 0 Å². The summed E-state index contributed by atoms with van der Waals surface area (Å²) in [6.45, 7) is 17.6. The summed E-state index contributed by atoms with van der Waals surface area (Å²) in [5, 5.41) is 11.9. The van der Waals surface area contributed by atoms with Crippen LogP contribution in [0.3, 0.4) is 0 Å². The van der Waals surface area contributed by atoms with Crippen molar-refractivity contribution in [3.63, 3.8) is 0 Å². The van der Waals surface area contributed by atoms with Crippen molar-refractivity contribution >= 4 is 8.32 Å². The Labute approximate surface area is 197 Å². The van der Waals surface area contributed by atoms with E-state index in [9.17, 15) is 5.11 Å². The Bertz CT molecular complexity index is 704. The molecule has 4 nitrogen and oxygen atoms in total. The van der Waals surface area contributed by atoms with Gasteiger partial charge in [0.15, 0.2) is 14.1 Å². The lowest BCUT2D eigenvalue weighted by molar-refractivity contribution is -0.271. The van der Waals surface area contributed by atoms with Crippen LogP contribution >= 0.6 is 0 Å². The van der Waals surface area contributed by atoms with Crippen LogP contribution in [0.2, 0.25) is 18.1 Å². The average molecular weight is 465 g/mol. The number of ether oxygens (including phenoxy) is 2. The molecule has 4 rings (SSSR count). The first-order chi connectivity index (χ1) is 15.2. The van der Waals surface area contributed by atoms with E-state index in [4.69, 9.17) is 13.9 Å². The van der Waals surface area contributed by atoms with Gasteiger partial charge in [-0.15, -0.1) is 0 Å². The molecule has 5 heteroatoms. The molecule has 1 heterocycles. The van der Waals surface area contributed by atoms with E-state index in [1.54, 1.807) is 0 Å². The minimum atomic E-state index is -1.81. The summed E-state index contributed by atoms with van der Waals surface area (Å²) >= 11 is 0. The predicted molar refractivity (Wildman–Crippen MR) is 132 cm³/mol. The number of hydrogen-bond donors (Lipinski definition) is 1. The Hall–Kier alpha value is -0.203. The summed E-state index contributed by atoms with van der Waals surface area (Å²) in [6.07, 6.45) is 7.08. The van der Waals surface area contributed by atoms with Crippen molar-refractivity contribution in [1.82, 2.24) is 0 Å². The fourth-order valence-corrected chi connectivity index (χ4v) is 11.4. The largest absolute Gasteiger partial charge is 0.410 e. The van der Waals surface area contributed by atoms with Crippen LogP contribution in [0.25, 0.3) is 0 Å². The fourth-order valence-electron chi connectivity index (χ4n) is 8.51. The second kappa shape index (κ2) is 8.78. The molecule has 1 aliphatic heterocycles. The molecule has 2 unspecified atom stereocenters. The summed E-state index contributed by atoms with van der Waals surface area (Å²) < 4.78 is 20.3. The minimum absolute atomic E-state index is 0.0846. The zero-order valence-electron chi connectivity index (χ0n) is 21.7. The van der Waals surface area contributed by atoms with E-state index < -0.39 is 20.2 Å². The van der Waals surface area contributed by atoms with Crippen LogP contribution in [0.4, 0.5) is 0 Å². The Kier molecular flexibility index (Phi) is 6.84. The van der Waals surface area contributed by atoms with Crippen molar-refractivity contribution in [3.8, 4) is 0 Å². The number of allylic oxidation sites excluding steroid dienone is 1. The van der Waals surface area contributed by atoms with Gasteiger partial charge in [-0.3, -0.25) is 0 Å². The summed E-state index contributed by atoms with van der Waals surface area (Å²) in [5.41, 5.74) is 1.19. The highest BCUT2D eigenvalue weighted by Crippen LogP contribution is 2.71. The summed E-state index contributed by atoms with van der Waals surface area (Å²) in [7, 11) is -1.81. The number of rotatable bonds is 5. The number of aliphatic hydroxyl groups excluding tert-OH is 1. The van der Waals surface area contributed by atoms with Crippen LogP contribution in [-0.2, 0) is 13.9 Å². The van der Waals surface area contributed by atoms with Crippen LogP contribution in [0, 0.1) is 28.6 Å². The highest BCUT2D eigenvalue weighted by molar-refractivity contribution is 6.73. The van der Waals surface area contributed by atoms with Gasteiger partial charge in [-0.2, -0.15) is 0 Å². The summed E-state index contributed by atoms with van der Waals surface area (Å²) in [6, 6.07) is 3.47. The monoisotopic (exact) mass is 464 g/mol. The van der Waals surface area contributed by atoms with Crippen LogP contribution in [0.5, 0.6) is 0 Å². The highest BCUT2D eigenvalue weighted by Gasteiger charge is 2.72. The molecule has 7 atom stereocenters. The molecule has 2 bridgehead atoms. The van der Waals surface area contributed by atoms with Gasteiger partial charge in [-0.1, -0.05) is 47.6 Å². The lowest BCUT2D eigenvalue weighted by Crippen LogP contribution is -2.64. The third kappa shape index (κ3) is 3.36. The second-order valence-electron chi connectivity index (χ2n) is 11.6. The van der Waals surface area contributed by atoms with Crippen LogP contribution in [-0.4, -0.2) is 44.6 Å². The van der Waals surface area contributed by atoms with E-state index in [-0.39, 0.29) is 22.9 Å². The molecule has 0 aromatic heterocycles. The third-order valence-corrected chi connectivity index (χ3v) is 15.6. The summed E-state index contributed by atoms with van der Waals surface area (Å²) in [5.74, 6) is 0.522. The Morgan fingerprint density at radius 3 is 2.25 bits per heavy atom. The van der Waals surface area contributed by atoms with Gasteiger partial charge in [-0.05, 0) is 73.6 Å². The maximum Gasteiger partial charge on any atom is 0.192 e. The number of hydrogen-bond acceptors (Lipinski definition) is 4. The van der Waals surface area contributed by atoms with Gasteiger partial charge < -0.3 is 19.0 Å². The minimum Gasteiger partial charge on any atom is -0.410 e. The first-order valence-corrected chi connectivity index (χ1v) is 16.0. The maximum atomic E-state index is 11.9. The van der Waals surface area contributed by atoms with Crippen molar-refractivity contribution in [2.75, 3.05) is 13.2 Å². The van der Waals surface area contributed by atoms with Gasteiger partial charge in [0.1, 0.15) is 0 Å². The Morgan fingerprint density at radius 2 is 1.69 bits per heavy atom. The molecule has 1 spiro atoms. The van der Waals surface area contributed by atoms with Gasteiger partial charge >= 0.3 is 0 Å². The molecule has 4 aliphatic rings. The average Bonchev–Trinajstić information content (AvgIpc) is 3.41. The fraction of sp³-hybridized carbons (Fsp3) is 0.926. The van der Waals surface area contributed by atoms with E-state index in [1.807, 2.05) is 0 Å². The van der Waals surface area contributed by atoms with E-state index in [0.717, 1.165) is 31.0 Å². The lowest BCUT2D eigenvalue weighted by atomic mass is 9.45. The lowest BCUT2D eigenvalue weighted by Gasteiger charge is -2.63. The topological polar surface area (TPSA) is 47.9 Å². The van der Waals surface area contributed by atoms with Crippen molar-refractivity contribution in [2.24, 2.45) is 28.6 Å². The first-order valence-electron chi connectivity index (χ1n) is 13.5. The van der Waals surface area contributed by atoms with Crippen LogP contribution in [0.15, 0.2) is 11.6 Å². The first kappa shape index (κ1) is 24.9. The van der Waals surface area contributed by atoms with E-state index in [1.165, 1.54) is 18.4 Å². The maximum absolute atomic E-state index is 11.9. The highest BCUT2D eigenvalue weighted by atomic mass is 28.4. The van der Waals surface area contributed by atoms with Crippen molar-refractivity contribution in [3.05, 3.63) is 11.6 Å². The molecule has 4 fully saturated rings. The molecule has 1 saturated heterocycles. The van der Waals surface area contributed by atoms with Gasteiger partial charge in [0.25, 0.3) is 0 Å². The molecule has 3 aliphatic carbocycles. The molecular formula is C27H48O4Si. The summed E-state index contributed by atoms with van der Waals surface area (Å²) in [4.78, 5) is 0. The molecule has 184 valence electrons. The number of aliphatic hydroxyl groups is 1. The van der Waals surface area contributed by atoms with Gasteiger partial charge in [0.2, 0.25) is 0 Å². The smallest absolute Gasteiger partial charge is 0.192 e. The molecular weight excluding hydrogens is 416 g/mol. The van der Waals surface area contributed by atoms with Gasteiger partial charge in [0, 0.05) is 17.8 Å². The molecule has 32 heavy (non-hydrogen) atoms. The third-order valence-electron chi connectivity index (χ3n) is 11.0. The van der Waals surface area contributed by atoms with E-state index in [2.05, 4.69) is 54.5 Å². The second-order valence-corrected chi connectivity index (χ2v) is 16.4. The molecule has 3 saturated carbocycles. The standard InChI is InChI=1S/C27H48O4Si/c1-8-21-18-22(28)25(7)19(5)12-13-26(14-15-27(24(25)26)29-16-17-30-27)20(6)23(21)31-32(9-2,10-3)11-4/h8,19-20,22-24,28H,9-18H2,1-7H3/t19-,20+,22-,23-,24?,25+,26?/m1/s1. The van der Waals surface area contributed by atoms with Crippen LogP contribution in [0.1, 0.15) is 80.6 Å². The normalized spacial score (nSPS) is 45.1. The van der Waals surface area contributed by atoms with Gasteiger partial charge in [0.05, 0.1) is 25.4 Å². The van der Waals surface area contributed by atoms with Gasteiger partial charge in [-0.25, -0.2) is 0 Å². The Morgan fingerprint density at radius 1 is 1.06 bits per heavy atom. The SMILES string of the molecule is CC=C1C[C@@H](O)[C@@]2(C)C3C4(CCC3(CC[C@H]2C)[C@@H](C)[C@H]1O[Si](CC)(CC)CC)OCCO4. The Balaban J connectivity index is 1.86. The molecule has 1 N–H and O–H groups in total. The van der Waals surface area contributed by atoms with E-state index in [0.29, 0.717) is 31.5 Å². The van der Waals surface area contributed by atoms with Crippen molar-refractivity contribution in [1.29, 1.82) is 0 Å². The molecule has 0 amide bonds.